The molecule has 0 saturated heterocycles. The second-order valence-electron chi connectivity index (χ2n) is 7.41. The molecule has 0 radical (unpaired) electrons. The van der Waals surface area contributed by atoms with Gasteiger partial charge in [-0.2, -0.15) is 0 Å². The highest BCUT2D eigenvalue weighted by atomic mass is 16.5. The van der Waals surface area contributed by atoms with Crippen LogP contribution in [0.3, 0.4) is 0 Å². The van der Waals surface area contributed by atoms with E-state index in [1.165, 1.54) is 13.2 Å². The van der Waals surface area contributed by atoms with E-state index in [2.05, 4.69) is 15.4 Å². The van der Waals surface area contributed by atoms with Crippen LogP contribution in [0.1, 0.15) is 12.0 Å². The maximum atomic E-state index is 12.7. The monoisotopic (exact) mass is 465 g/mol. The molecule has 3 amide bonds. The molecule has 12 heteroatoms. The molecular formula is C21H27N3O9. The lowest BCUT2D eigenvalue weighted by atomic mass is 9.89. The normalized spacial score (nSPS) is 20.8. The molecule has 1 aliphatic rings. The Morgan fingerprint density at radius 2 is 1.82 bits per heavy atom. The van der Waals surface area contributed by atoms with Crippen LogP contribution in [0.25, 0.3) is 0 Å². The second-order valence-corrected chi connectivity index (χ2v) is 7.41. The number of carboxylic acid groups (broad SMARTS) is 1. The Bertz CT molecular complexity index is 901. The van der Waals surface area contributed by atoms with E-state index in [1.54, 1.807) is 24.3 Å². The number of aliphatic hydroxyl groups is 2. The summed E-state index contributed by atoms with van der Waals surface area (Å²) in [5, 5.41) is 33.7. The van der Waals surface area contributed by atoms with Gasteiger partial charge in [-0.3, -0.25) is 14.4 Å². The molecule has 0 aromatic heterocycles. The summed E-state index contributed by atoms with van der Waals surface area (Å²) in [5.41, 5.74) is 6.18. The first-order valence-electron chi connectivity index (χ1n) is 9.99. The van der Waals surface area contributed by atoms with E-state index < -0.39 is 61.2 Å². The molecule has 0 saturated carbocycles. The molecule has 4 atom stereocenters. The van der Waals surface area contributed by atoms with Crippen molar-refractivity contribution in [2.45, 2.75) is 37.1 Å². The number of carboxylic acids is 1. The maximum absolute atomic E-state index is 12.7. The van der Waals surface area contributed by atoms with Crippen molar-refractivity contribution >= 4 is 23.7 Å². The molecule has 0 spiro atoms. The molecule has 180 valence electrons. The van der Waals surface area contributed by atoms with Crippen molar-refractivity contribution < 1.29 is 44.0 Å². The van der Waals surface area contributed by atoms with Crippen molar-refractivity contribution in [3.05, 3.63) is 41.5 Å². The Hall–Kier alpha value is -3.48. The lowest BCUT2D eigenvalue weighted by Crippen LogP contribution is -2.53. The van der Waals surface area contributed by atoms with Crippen LogP contribution >= 0.6 is 0 Å². The van der Waals surface area contributed by atoms with Gasteiger partial charge in [0, 0.05) is 18.4 Å². The number of aliphatic carboxylic acids is 1. The van der Waals surface area contributed by atoms with Crippen LogP contribution in [-0.4, -0.2) is 83.6 Å². The van der Waals surface area contributed by atoms with Crippen LogP contribution in [0.4, 0.5) is 0 Å². The molecule has 0 aliphatic heterocycles. The number of carbonyl (C=O) groups excluding carboxylic acids is 3. The summed E-state index contributed by atoms with van der Waals surface area (Å²) in [6.45, 7) is -1.28. The van der Waals surface area contributed by atoms with Crippen LogP contribution in [-0.2, 0) is 30.3 Å². The van der Waals surface area contributed by atoms with Gasteiger partial charge in [0.25, 0.3) is 0 Å². The highest BCUT2D eigenvalue weighted by Crippen LogP contribution is 2.20. The first-order valence-corrected chi connectivity index (χ1v) is 9.99. The summed E-state index contributed by atoms with van der Waals surface area (Å²) in [6, 6.07) is 4.66. The number of nitrogens with two attached hydrogens (primary N) is 1. The lowest BCUT2D eigenvalue weighted by Gasteiger charge is -2.31. The standard InChI is InChI=1S/C21H27N3O9/c1-32-13-4-2-11(3-5-13)6-15(20(22)30)24-21(31)12-7-14(19(29)16(25)8-12)23-17(26)9-33-10-18(27)28/h2-5,7,14-16,19,25,29H,6,8-10H2,1H3,(H2,22,30)(H,23,26)(H,24,31)(H,27,28). The molecule has 1 aromatic rings. The predicted octanol–water partition coefficient (Wildman–Crippen LogP) is -2.15. The summed E-state index contributed by atoms with van der Waals surface area (Å²) in [4.78, 5) is 47.0. The van der Waals surface area contributed by atoms with E-state index in [1.807, 2.05) is 0 Å². The highest BCUT2D eigenvalue weighted by molar-refractivity contribution is 5.97. The summed E-state index contributed by atoms with van der Waals surface area (Å²) >= 11 is 0. The average molecular weight is 465 g/mol. The number of nitrogens with one attached hydrogen (secondary N) is 2. The van der Waals surface area contributed by atoms with Gasteiger partial charge >= 0.3 is 5.97 Å². The molecule has 33 heavy (non-hydrogen) atoms. The lowest BCUT2D eigenvalue weighted by molar-refractivity contribution is -0.144. The Balaban J connectivity index is 2.05. The predicted molar refractivity (Wildman–Crippen MR) is 113 cm³/mol. The number of primary amides is 1. The number of hydrogen-bond acceptors (Lipinski definition) is 8. The Morgan fingerprint density at radius 3 is 2.39 bits per heavy atom. The zero-order valence-corrected chi connectivity index (χ0v) is 17.9. The van der Waals surface area contributed by atoms with Gasteiger partial charge in [-0.15, -0.1) is 0 Å². The Labute approximate surface area is 189 Å². The number of aliphatic hydroxyl groups excluding tert-OH is 2. The van der Waals surface area contributed by atoms with Crippen molar-refractivity contribution in [1.29, 1.82) is 0 Å². The number of rotatable bonds is 11. The van der Waals surface area contributed by atoms with Crippen molar-refractivity contribution in [2.24, 2.45) is 5.73 Å². The van der Waals surface area contributed by atoms with E-state index in [-0.39, 0.29) is 18.4 Å². The zero-order chi connectivity index (χ0) is 24.5. The quantitative estimate of drug-likeness (QED) is 0.211. The van der Waals surface area contributed by atoms with Gasteiger partial charge < -0.3 is 41.2 Å². The Kier molecular flexibility index (Phi) is 9.33. The van der Waals surface area contributed by atoms with Crippen molar-refractivity contribution in [2.75, 3.05) is 20.3 Å². The first-order chi connectivity index (χ1) is 15.6. The molecule has 2 rings (SSSR count). The van der Waals surface area contributed by atoms with Gasteiger partial charge in [-0.25, -0.2) is 4.79 Å². The third kappa shape index (κ3) is 7.86. The third-order valence-corrected chi connectivity index (χ3v) is 4.90. The molecule has 1 aromatic carbocycles. The van der Waals surface area contributed by atoms with Gasteiger partial charge in [0.05, 0.1) is 19.3 Å². The van der Waals surface area contributed by atoms with Gasteiger partial charge in [-0.1, -0.05) is 18.2 Å². The molecule has 1 aliphatic carbocycles. The number of hydrogen-bond donors (Lipinski definition) is 6. The van der Waals surface area contributed by atoms with Gasteiger partial charge in [0.1, 0.15) is 31.1 Å². The van der Waals surface area contributed by atoms with Crippen LogP contribution in [0.15, 0.2) is 35.9 Å². The van der Waals surface area contributed by atoms with Crippen LogP contribution in [0.2, 0.25) is 0 Å². The summed E-state index contributed by atoms with van der Waals surface area (Å²) in [7, 11) is 1.52. The molecule has 0 bridgehead atoms. The SMILES string of the molecule is COc1ccc(CC(NC(=O)C2=CC(NC(=O)COCC(=O)O)C(O)C(O)C2)C(N)=O)cc1. The first kappa shape index (κ1) is 25.8. The number of carbonyl (C=O) groups is 4. The van der Waals surface area contributed by atoms with E-state index in [4.69, 9.17) is 15.6 Å². The second kappa shape index (κ2) is 11.9. The van der Waals surface area contributed by atoms with E-state index in [9.17, 15) is 29.4 Å². The van der Waals surface area contributed by atoms with Gasteiger partial charge in [0.15, 0.2) is 0 Å². The van der Waals surface area contributed by atoms with Crippen molar-refractivity contribution in [3.63, 3.8) is 0 Å². The number of amides is 3. The fraction of sp³-hybridized carbons (Fsp3) is 0.429. The fourth-order valence-electron chi connectivity index (χ4n) is 3.19. The number of benzene rings is 1. The fourth-order valence-corrected chi connectivity index (χ4v) is 3.19. The smallest absolute Gasteiger partial charge is 0.329 e. The Morgan fingerprint density at radius 1 is 1.15 bits per heavy atom. The molecule has 0 heterocycles. The summed E-state index contributed by atoms with van der Waals surface area (Å²) < 4.78 is 9.75. The van der Waals surface area contributed by atoms with Crippen molar-refractivity contribution in [3.8, 4) is 5.75 Å². The van der Waals surface area contributed by atoms with Crippen LogP contribution in [0, 0.1) is 0 Å². The van der Waals surface area contributed by atoms with Gasteiger partial charge in [0.2, 0.25) is 17.7 Å². The minimum absolute atomic E-state index is 0.0329. The third-order valence-electron chi connectivity index (χ3n) is 4.90. The average Bonchev–Trinajstić information content (AvgIpc) is 2.76. The van der Waals surface area contributed by atoms with Crippen molar-refractivity contribution in [1.82, 2.24) is 10.6 Å². The van der Waals surface area contributed by atoms with E-state index in [0.717, 1.165) is 5.56 Å². The molecule has 4 unspecified atom stereocenters. The largest absolute Gasteiger partial charge is 0.497 e. The molecule has 7 N–H and O–H groups in total. The van der Waals surface area contributed by atoms with E-state index >= 15 is 0 Å². The van der Waals surface area contributed by atoms with E-state index in [0.29, 0.717) is 5.75 Å². The number of ether oxygens (including phenoxy) is 2. The molecule has 0 fully saturated rings. The topological polar surface area (TPSA) is 198 Å². The minimum atomic E-state index is -1.41. The summed E-state index contributed by atoms with van der Waals surface area (Å²) in [6.07, 6.45) is -1.62. The number of methoxy groups -OCH3 is 1. The zero-order valence-electron chi connectivity index (χ0n) is 17.9. The van der Waals surface area contributed by atoms with Gasteiger partial charge in [-0.05, 0) is 17.7 Å². The summed E-state index contributed by atoms with van der Waals surface area (Å²) in [5.74, 6) is -2.84. The van der Waals surface area contributed by atoms with Crippen LogP contribution < -0.4 is 21.1 Å². The minimum Gasteiger partial charge on any atom is -0.497 e. The molecular weight excluding hydrogens is 438 g/mol. The van der Waals surface area contributed by atoms with Crippen LogP contribution in [0.5, 0.6) is 5.75 Å². The highest BCUT2D eigenvalue weighted by Gasteiger charge is 2.34. The maximum Gasteiger partial charge on any atom is 0.329 e. The molecule has 12 nitrogen and oxygen atoms in total.